The zero-order valence-corrected chi connectivity index (χ0v) is 15.8. The summed E-state index contributed by atoms with van der Waals surface area (Å²) in [6.45, 7) is 2.83. The molecule has 0 radical (unpaired) electrons. The number of nitrogens with one attached hydrogen (secondary N) is 1. The summed E-state index contributed by atoms with van der Waals surface area (Å²) in [5.41, 5.74) is 8.60. The second-order valence-electron chi connectivity index (χ2n) is 8.67. The minimum atomic E-state index is -0.116. The largest absolute Gasteiger partial charge is 0.373 e. The van der Waals surface area contributed by atoms with Crippen molar-refractivity contribution in [2.75, 3.05) is 6.61 Å². The van der Waals surface area contributed by atoms with Crippen LogP contribution in [0.5, 0.6) is 0 Å². The van der Waals surface area contributed by atoms with E-state index in [0.717, 1.165) is 37.9 Å². The molecule has 0 spiro atoms. The lowest BCUT2D eigenvalue weighted by Gasteiger charge is -2.46. The summed E-state index contributed by atoms with van der Waals surface area (Å²) in [5, 5.41) is 3.45. The summed E-state index contributed by atoms with van der Waals surface area (Å²) in [7, 11) is 0. The van der Waals surface area contributed by atoms with Gasteiger partial charge in [0.25, 0.3) is 0 Å². The molecule has 2 saturated carbocycles. The van der Waals surface area contributed by atoms with Crippen molar-refractivity contribution in [2.45, 2.75) is 70.1 Å². The predicted octanol–water partition coefficient (Wildman–Crippen LogP) is 3.48. The fourth-order valence-corrected chi connectivity index (χ4v) is 5.43. The lowest BCUT2D eigenvalue weighted by molar-refractivity contribution is -0.137. The van der Waals surface area contributed by atoms with E-state index in [1.165, 1.54) is 24.8 Å². The molecule has 4 unspecified atom stereocenters. The second-order valence-corrected chi connectivity index (χ2v) is 8.67. The molecule has 3 N–H and O–H groups in total. The summed E-state index contributed by atoms with van der Waals surface area (Å²) in [4.78, 5) is 13.2. The maximum absolute atomic E-state index is 13.2. The van der Waals surface area contributed by atoms with Crippen LogP contribution in [0.3, 0.4) is 0 Å². The maximum Gasteiger partial charge on any atom is 0.226 e. The summed E-state index contributed by atoms with van der Waals surface area (Å²) < 4.78 is 6.06. The van der Waals surface area contributed by atoms with Crippen LogP contribution in [-0.2, 0) is 9.53 Å². The molecule has 1 aromatic carbocycles. The van der Waals surface area contributed by atoms with Gasteiger partial charge in [-0.1, -0.05) is 36.2 Å². The summed E-state index contributed by atoms with van der Waals surface area (Å²) in [6, 6.07) is 9.07. The van der Waals surface area contributed by atoms with Gasteiger partial charge in [-0.3, -0.25) is 4.79 Å². The maximum atomic E-state index is 13.2. The molecule has 1 heterocycles. The van der Waals surface area contributed by atoms with Crippen LogP contribution in [0.1, 0.15) is 62.2 Å². The van der Waals surface area contributed by atoms with Crippen LogP contribution < -0.4 is 11.1 Å². The van der Waals surface area contributed by atoms with E-state index < -0.39 is 0 Å². The van der Waals surface area contributed by atoms with Crippen molar-refractivity contribution in [3.05, 3.63) is 35.4 Å². The molecule has 0 aromatic heterocycles. The third-order valence-corrected chi connectivity index (χ3v) is 6.75. The van der Waals surface area contributed by atoms with Gasteiger partial charge in [0, 0.05) is 18.7 Å². The van der Waals surface area contributed by atoms with Gasteiger partial charge in [-0.15, -0.1) is 0 Å². The molecule has 4 rings (SSSR count). The Balaban J connectivity index is 1.48. The van der Waals surface area contributed by atoms with Crippen LogP contribution in [0.25, 0.3) is 0 Å². The van der Waals surface area contributed by atoms with Crippen molar-refractivity contribution < 1.29 is 9.53 Å². The van der Waals surface area contributed by atoms with Crippen molar-refractivity contribution in [1.29, 1.82) is 0 Å². The lowest BCUT2D eigenvalue weighted by Crippen LogP contribution is -2.55. The number of carbonyl (C=O) groups is 1. The number of rotatable bonds is 3. The summed E-state index contributed by atoms with van der Waals surface area (Å²) in [5.74, 6) is 1.22. The first-order valence-corrected chi connectivity index (χ1v) is 10.4. The van der Waals surface area contributed by atoms with Crippen LogP contribution in [0.2, 0.25) is 0 Å². The number of nitrogens with two attached hydrogens (primary N) is 1. The van der Waals surface area contributed by atoms with Gasteiger partial charge in [0.2, 0.25) is 5.91 Å². The Morgan fingerprint density at radius 3 is 2.46 bits per heavy atom. The molecule has 4 nitrogen and oxygen atoms in total. The van der Waals surface area contributed by atoms with Crippen molar-refractivity contribution in [2.24, 2.45) is 23.5 Å². The van der Waals surface area contributed by atoms with Gasteiger partial charge in [0.15, 0.2) is 0 Å². The lowest BCUT2D eigenvalue weighted by atomic mass is 9.67. The summed E-state index contributed by atoms with van der Waals surface area (Å²) in [6.07, 6.45) is 7.57. The van der Waals surface area contributed by atoms with E-state index in [0.29, 0.717) is 23.9 Å². The van der Waals surface area contributed by atoms with Crippen LogP contribution in [-0.4, -0.2) is 24.6 Å². The van der Waals surface area contributed by atoms with Crippen LogP contribution >= 0.6 is 0 Å². The summed E-state index contributed by atoms with van der Waals surface area (Å²) >= 11 is 0. The first-order valence-electron chi connectivity index (χ1n) is 10.4. The Morgan fingerprint density at radius 2 is 1.77 bits per heavy atom. The van der Waals surface area contributed by atoms with E-state index in [1.54, 1.807) is 0 Å². The number of ether oxygens (including phenoxy) is 1. The van der Waals surface area contributed by atoms with E-state index in [4.69, 9.17) is 10.5 Å². The van der Waals surface area contributed by atoms with Crippen molar-refractivity contribution in [1.82, 2.24) is 5.32 Å². The third kappa shape index (κ3) is 3.67. The van der Waals surface area contributed by atoms with Gasteiger partial charge in [0.1, 0.15) is 0 Å². The Morgan fingerprint density at radius 1 is 1.08 bits per heavy atom. The Kier molecular flexibility index (Phi) is 5.32. The van der Waals surface area contributed by atoms with Crippen molar-refractivity contribution in [3.8, 4) is 0 Å². The molecule has 3 aliphatic rings. The molecule has 2 aliphatic carbocycles. The van der Waals surface area contributed by atoms with Crippen LogP contribution in [0.4, 0.5) is 0 Å². The van der Waals surface area contributed by atoms with E-state index in [-0.39, 0.29) is 17.9 Å². The molecular weight excluding hydrogens is 324 g/mol. The van der Waals surface area contributed by atoms with Crippen molar-refractivity contribution >= 4 is 5.91 Å². The molecule has 142 valence electrons. The zero-order chi connectivity index (χ0) is 18.1. The highest BCUT2D eigenvalue weighted by atomic mass is 16.5. The van der Waals surface area contributed by atoms with E-state index in [1.807, 2.05) is 0 Å². The minimum Gasteiger partial charge on any atom is -0.373 e. The Labute approximate surface area is 156 Å². The molecule has 3 fully saturated rings. The van der Waals surface area contributed by atoms with Gasteiger partial charge >= 0.3 is 0 Å². The number of benzene rings is 1. The van der Waals surface area contributed by atoms with Gasteiger partial charge in [-0.25, -0.2) is 0 Å². The normalized spacial score (nSPS) is 37.2. The Hall–Kier alpha value is -1.39. The van der Waals surface area contributed by atoms with Crippen molar-refractivity contribution in [3.63, 3.8) is 0 Å². The number of carbonyl (C=O) groups excluding carboxylic acids is 1. The van der Waals surface area contributed by atoms with Crippen LogP contribution in [0, 0.1) is 24.7 Å². The van der Waals surface area contributed by atoms with Gasteiger partial charge in [-0.2, -0.15) is 0 Å². The fourth-order valence-electron chi connectivity index (χ4n) is 5.43. The highest BCUT2D eigenvalue weighted by Gasteiger charge is 2.42. The average Bonchev–Trinajstić information content (AvgIpc) is 2.63. The smallest absolute Gasteiger partial charge is 0.226 e. The van der Waals surface area contributed by atoms with Gasteiger partial charge in [-0.05, 0) is 62.8 Å². The van der Waals surface area contributed by atoms with E-state index in [9.17, 15) is 4.79 Å². The van der Waals surface area contributed by atoms with E-state index in [2.05, 4.69) is 36.5 Å². The molecule has 1 aliphatic heterocycles. The topological polar surface area (TPSA) is 64.3 Å². The predicted molar refractivity (Wildman–Crippen MR) is 103 cm³/mol. The molecule has 1 aromatic rings. The number of aryl methyl sites for hydroxylation is 1. The minimum absolute atomic E-state index is 0.0808. The highest BCUT2D eigenvalue weighted by molar-refractivity contribution is 5.80. The van der Waals surface area contributed by atoms with Gasteiger partial charge < -0.3 is 15.8 Å². The zero-order valence-electron chi connectivity index (χ0n) is 15.8. The monoisotopic (exact) mass is 356 g/mol. The number of hydrogen-bond donors (Lipinski definition) is 2. The first-order chi connectivity index (χ1) is 12.6. The number of amides is 1. The SMILES string of the molecule is Cc1ccc(C2OCCCC2C(=O)NC2C3CCCC2CC(N)C3)cc1. The highest BCUT2D eigenvalue weighted by Crippen LogP contribution is 2.41. The molecule has 1 amide bonds. The molecule has 1 saturated heterocycles. The number of fused-ring (bicyclic) bond motifs is 2. The molecule has 26 heavy (non-hydrogen) atoms. The molecule has 4 atom stereocenters. The molecule has 2 bridgehead atoms. The number of hydrogen-bond acceptors (Lipinski definition) is 3. The fraction of sp³-hybridized carbons (Fsp3) is 0.682. The third-order valence-electron chi connectivity index (χ3n) is 6.75. The second kappa shape index (κ2) is 7.69. The quantitative estimate of drug-likeness (QED) is 0.871. The Bertz CT molecular complexity index is 616. The van der Waals surface area contributed by atoms with E-state index >= 15 is 0 Å². The van der Waals surface area contributed by atoms with Gasteiger partial charge in [0.05, 0.1) is 12.0 Å². The average molecular weight is 357 g/mol. The molecular formula is C22H32N2O2. The first kappa shape index (κ1) is 18.0. The standard InChI is InChI=1S/C22H32N2O2/c1-14-7-9-15(10-8-14)21-19(6-3-11-26-21)22(25)24-20-16-4-2-5-17(20)13-18(23)12-16/h7-10,16-21H,2-6,11-13,23H2,1H3,(H,24,25). The van der Waals surface area contributed by atoms with Crippen LogP contribution in [0.15, 0.2) is 24.3 Å². The molecule has 4 heteroatoms.